The van der Waals surface area contributed by atoms with Gasteiger partial charge in [0.2, 0.25) is 0 Å². The highest BCUT2D eigenvalue weighted by Gasteiger charge is 2.19. The van der Waals surface area contributed by atoms with Gasteiger partial charge in [-0.15, -0.1) is 5.48 Å². The minimum absolute atomic E-state index is 0.123. The van der Waals surface area contributed by atoms with E-state index in [1.54, 1.807) is 6.07 Å². The summed E-state index contributed by atoms with van der Waals surface area (Å²) in [7, 11) is -4.16. The van der Waals surface area contributed by atoms with Crippen molar-refractivity contribution in [2.24, 2.45) is 0 Å². The maximum Gasteiger partial charge on any atom is 0.341 e. The van der Waals surface area contributed by atoms with E-state index < -0.39 is 28.6 Å². The molecule has 0 amide bonds. The molecule has 8 heteroatoms. The average molecular weight is 357 g/mol. The molecule has 0 bridgehead atoms. The van der Waals surface area contributed by atoms with Gasteiger partial charge in [0.25, 0.3) is 0 Å². The lowest BCUT2D eigenvalue weighted by atomic mass is 10.1. The number of hydroxylamine groups is 1. The Kier molecular flexibility index (Phi) is 9.03. The Morgan fingerprint density at radius 3 is 2.33 bits per heavy atom. The maximum absolute atomic E-state index is 11.8. The fourth-order valence-electron chi connectivity index (χ4n) is 1.89. The molecule has 24 heavy (non-hydrogen) atoms. The molecule has 1 rings (SSSR count). The topological polar surface area (TPSA) is 98.8 Å². The number of hydrogen-bond acceptors (Lipinski definition) is 7. The lowest BCUT2D eigenvalue weighted by Crippen LogP contribution is -2.29. The second-order valence-corrected chi connectivity index (χ2v) is 6.73. The number of hydrogen-bond donors (Lipinski definition) is 1. The fraction of sp³-hybridized carbons (Fsp3) is 0.500. The molecule has 7 nitrogen and oxygen atoms in total. The molecule has 1 aromatic carbocycles. The predicted molar refractivity (Wildman–Crippen MR) is 87.2 cm³/mol. The molecule has 0 radical (unpaired) electrons. The van der Waals surface area contributed by atoms with Crippen LogP contribution in [0.1, 0.15) is 45.4 Å². The Hall–Kier alpha value is -1.93. The molecule has 0 spiro atoms. The fourth-order valence-corrected chi connectivity index (χ4v) is 2.78. The summed E-state index contributed by atoms with van der Waals surface area (Å²) in [6, 6.07) is 7.30. The lowest BCUT2D eigenvalue weighted by Gasteiger charge is -2.07. The summed E-state index contributed by atoms with van der Waals surface area (Å²) in [5.41, 5.74) is 2.12. The molecule has 1 N–H and O–H groups in total. The van der Waals surface area contributed by atoms with Crippen LogP contribution >= 0.6 is 0 Å². The highest BCUT2D eigenvalue weighted by molar-refractivity contribution is 7.87. The van der Waals surface area contributed by atoms with Gasteiger partial charge in [-0.3, -0.25) is 4.79 Å². The van der Waals surface area contributed by atoms with E-state index in [1.165, 1.54) is 24.3 Å². The van der Waals surface area contributed by atoms with Crippen LogP contribution in [0.15, 0.2) is 35.2 Å². The van der Waals surface area contributed by atoms with Crippen molar-refractivity contribution >= 4 is 22.1 Å². The Bertz CT molecular complexity index is 615. The van der Waals surface area contributed by atoms with Gasteiger partial charge in [0.05, 0.1) is 0 Å². The molecule has 0 aliphatic rings. The standard InChI is InChI=1S/C16H23NO6S/c1-2-3-4-5-9-12-15(18)22-17-13-16(19)23-24(20,21)14-10-7-6-8-11-14/h6-8,10-11,17H,2-5,9,12-13H2,1H3. The van der Waals surface area contributed by atoms with Crippen LogP contribution in [0.2, 0.25) is 0 Å². The molecule has 0 fully saturated rings. The molecule has 0 aliphatic carbocycles. The summed E-state index contributed by atoms with van der Waals surface area (Å²) in [6.45, 7) is 1.56. The Morgan fingerprint density at radius 2 is 1.67 bits per heavy atom. The number of carbonyl (C=O) groups is 2. The highest BCUT2D eigenvalue weighted by Crippen LogP contribution is 2.11. The van der Waals surface area contributed by atoms with Gasteiger partial charge >= 0.3 is 22.1 Å². The summed E-state index contributed by atoms with van der Waals surface area (Å²) in [5, 5.41) is 0. The smallest absolute Gasteiger partial charge is 0.341 e. The first-order valence-corrected chi connectivity index (χ1v) is 9.31. The van der Waals surface area contributed by atoms with Gasteiger partial charge in [-0.05, 0) is 18.6 Å². The van der Waals surface area contributed by atoms with Gasteiger partial charge in [-0.1, -0.05) is 50.8 Å². The average Bonchev–Trinajstić information content (AvgIpc) is 2.55. The van der Waals surface area contributed by atoms with Gasteiger partial charge < -0.3 is 9.02 Å². The molecule has 0 atom stereocenters. The van der Waals surface area contributed by atoms with Crippen molar-refractivity contribution in [2.75, 3.05) is 6.54 Å². The van der Waals surface area contributed by atoms with Crippen molar-refractivity contribution in [3.63, 3.8) is 0 Å². The van der Waals surface area contributed by atoms with E-state index >= 15 is 0 Å². The zero-order valence-electron chi connectivity index (χ0n) is 13.7. The zero-order chi connectivity index (χ0) is 17.8. The van der Waals surface area contributed by atoms with Gasteiger partial charge in [0, 0.05) is 6.42 Å². The van der Waals surface area contributed by atoms with Crippen molar-refractivity contribution in [1.82, 2.24) is 5.48 Å². The normalized spacial score (nSPS) is 11.0. The number of benzene rings is 1. The number of nitrogens with one attached hydrogen (secondary N) is 1. The van der Waals surface area contributed by atoms with Crippen LogP contribution in [0, 0.1) is 0 Å². The van der Waals surface area contributed by atoms with Crippen molar-refractivity contribution < 1.29 is 27.0 Å². The van der Waals surface area contributed by atoms with E-state index in [2.05, 4.69) is 21.4 Å². The Morgan fingerprint density at radius 1 is 1.00 bits per heavy atom. The first-order chi connectivity index (χ1) is 11.5. The van der Waals surface area contributed by atoms with Crippen molar-refractivity contribution in [1.29, 1.82) is 0 Å². The van der Waals surface area contributed by atoms with Crippen LogP contribution in [0.5, 0.6) is 0 Å². The van der Waals surface area contributed by atoms with E-state index in [0.29, 0.717) is 6.42 Å². The van der Waals surface area contributed by atoms with Crippen LogP contribution in [0.4, 0.5) is 0 Å². The molecule has 0 aliphatic heterocycles. The molecular weight excluding hydrogens is 334 g/mol. The summed E-state index contributed by atoms with van der Waals surface area (Å²) >= 11 is 0. The number of rotatable bonds is 11. The van der Waals surface area contributed by atoms with Gasteiger partial charge in [0.1, 0.15) is 11.4 Å². The molecule has 0 heterocycles. The number of carbonyl (C=O) groups excluding carboxylic acids is 2. The predicted octanol–water partition coefficient (Wildman–Crippen LogP) is 2.33. The van der Waals surface area contributed by atoms with Crippen LogP contribution in [0.3, 0.4) is 0 Å². The second kappa shape index (κ2) is 10.8. The quantitative estimate of drug-likeness (QED) is 0.368. The molecule has 134 valence electrons. The third-order valence-corrected chi connectivity index (χ3v) is 4.38. The van der Waals surface area contributed by atoms with Gasteiger partial charge in [-0.25, -0.2) is 4.79 Å². The van der Waals surface area contributed by atoms with E-state index in [0.717, 1.165) is 25.7 Å². The van der Waals surface area contributed by atoms with Crippen molar-refractivity contribution in [3.8, 4) is 0 Å². The monoisotopic (exact) mass is 357 g/mol. The molecule has 1 aromatic rings. The van der Waals surface area contributed by atoms with Crippen LogP contribution in [0.25, 0.3) is 0 Å². The van der Waals surface area contributed by atoms with Gasteiger partial charge in [0.15, 0.2) is 0 Å². The van der Waals surface area contributed by atoms with Crippen molar-refractivity contribution in [2.45, 2.75) is 50.3 Å². The van der Waals surface area contributed by atoms with Crippen molar-refractivity contribution in [3.05, 3.63) is 30.3 Å². The largest absolute Gasteiger partial charge is 0.370 e. The number of unbranched alkanes of at least 4 members (excludes halogenated alkanes) is 4. The third kappa shape index (κ3) is 8.07. The molecule has 0 aromatic heterocycles. The summed E-state index contributed by atoms with van der Waals surface area (Å²) in [6.07, 6.45) is 5.23. The molecule has 0 saturated heterocycles. The van der Waals surface area contributed by atoms with Crippen LogP contribution in [-0.4, -0.2) is 26.9 Å². The molecule has 0 unspecified atom stereocenters. The Balaban J connectivity index is 2.23. The van der Waals surface area contributed by atoms with Crippen LogP contribution < -0.4 is 5.48 Å². The lowest BCUT2D eigenvalue weighted by molar-refractivity contribution is -0.153. The minimum atomic E-state index is -4.16. The van der Waals surface area contributed by atoms with E-state index in [9.17, 15) is 18.0 Å². The highest BCUT2D eigenvalue weighted by atomic mass is 32.2. The second-order valence-electron chi connectivity index (χ2n) is 5.18. The van der Waals surface area contributed by atoms with Gasteiger partial charge in [-0.2, -0.15) is 8.42 Å². The Labute approximate surface area is 142 Å². The maximum atomic E-state index is 11.8. The first kappa shape index (κ1) is 20.1. The zero-order valence-corrected chi connectivity index (χ0v) is 14.5. The summed E-state index contributed by atoms with van der Waals surface area (Å²) < 4.78 is 28.0. The van der Waals surface area contributed by atoms with E-state index in [1.807, 2.05) is 0 Å². The SMILES string of the molecule is CCCCCCCC(=O)ONCC(=O)OS(=O)(=O)c1ccccc1. The van der Waals surface area contributed by atoms with Crippen LogP contribution in [-0.2, 0) is 28.7 Å². The van der Waals surface area contributed by atoms with E-state index in [4.69, 9.17) is 0 Å². The van der Waals surface area contributed by atoms with E-state index in [-0.39, 0.29) is 11.3 Å². The molecule has 0 saturated carbocycles. The first-order valence-electron chi connectivity index (χ1n) is 7.90. The summed E-state index contributed by atoms with van der Waals surface area (Å²) in [5.74, 6) is -1.56. The minimum Gasteiger partial charge on any atom is -0.370 e. The third-order valence-electron chi connectivity index (χ3n) is 3.12. The molecular formula is C16H23NO6S. The summed E-state index contributed by atoms with van der Waals surface area (Å²) in [4.78, 5) is 27.4.